The fourth-order valence-corrected chi connectivity index (χ4v) is 3.96. The molecule has 1 N–H and O–H groups in total. The van der Waals surface area contributed by atoms with E-state index in [1.807, 2.05) is 12.3 Å². The Morgan fingerprint density at radius 2 is 1.73 bits per heavy atom. The van der Waals surface area contributed by atoms with Crippen molar-refractivity contribution in [1.82, 2.24) is 9.97 Å². The predicted octanol–water partition coefficient (Wildman–Crippen LogP) is 6.08. The van der Waals surface area contributed by atoms with Gasteiger partial charge in [-0.3, -0.25) is 4.98 Å². The van der Waals surface area contributed by atoms with Gasteiger partial charge in [0.05, 0.1) is 23.4 Å². The molecule has 26 heavy (non-hydrogen) atoms. The molecule has 0 fully saturated rings. The van der Waals surface area contributed by atoms with E-state index < -0.39 is 0 Å². The molecule has 3 heteroatoms. The number of pyridine rings is 1. The van der Waals surface area contributed by atoms with E-state index in [2.05, 4.69) is 92.3 Å². The van der Waals surface area contributed by atoms with Crippen LogP contribution in [-0.4, -0.2) is 15.5 Å². The third-order valence-electron chi connectivity index (χ3n) is 5.04. The Kier molecular flexibility index (Phi) is 3.95. The number of aromatic nitrogens is 2. The van der Waals surface area contributed by atoms with Gasteiger partial charge in [0.2, 0.25) is 0 Å². The van der Waals surface area contributed by atoms with E-state index in [1.54, 1.807) is 0 Å². The zero-order chi connectivity index (χ0) is 18.3. The third-order valence-corrected chi connectivity index (χ3v) is 5.04. The van der Waals surface area contributed by atoms with Crippen molar-refractivity contribution < 1.29 is 0 Å². The van der Waals surface area contributed by atoms with Gasteiger partial charge in [0, 0.05) is 28.0 Å². The van der Waals surface area contributed by atoms with Crippen LogP contribution in [0, 0.1) is 0 Å². The minimum absolute atomic E-state index is 0.0398. The van der Waals surface area contributed by atoms with Crippen molar-refractivity contribution in [3.63, 3.8) is 0 Å². The van der Waals surface area contributed by atoms with Crippen LogP contribution >= 0.6 is 0 Å². The van der Waals surface area contributed by atoms with Gasteiger partial charge in [0.25, 0.3) is 0 Å². The van der Waals surface area contributed by atoms with Crippen LogP contribution in [0.15, 0.2) is 67.0 Å². The van der Waals surface area contributed by atoms with E-state index >= 15 is 0 Å². The summed E-state index contributed by atoms with van der Waals surface area (Å²) in [6.45, 7) is 9.05. The Labute approximate surface area is 154 Å². The van der Waals surface area contributed by atoms with Crippen LogP contribution in [0.3, 0.4) is 0 Å². The van der Waals surface area contributed by atoms with Crippen molar-refractivity contribution in [3.05, 3.63) is 72.6 Å². The molecular weight excluding hydrogens is 318 g/mol. The van der Waals surface area contributed by atoms with Gasteiger partial charge in [-0.15, -0.1) is 0 Å². The van der Waals surface area contributed by atoms with Crippen molar-refractivity contribution in [2.45, 2.75) is 39.3 Å². The maximum Gasteiger partial charge on any atom is 0.0703 e. The summed E-state index contributed by atoms with van der Waals surface area (Å²) in [5, 5.41) is 2.45. The van der Waals surface area contributed by atoms with Gasteiger partial charge in [-0.2, -0.15) is 0 Å². The highest BCUT2D eigenvalue weighted by molar-refractivity contribution is 5.85. The Bertz CT molecular complexity index is 1060. The van der Waals surface area contributed by atoms with Crippen molar-refractivity contribution in [2.75, 3.05) is 4.90 Å². The summed E-state index contributed by atoms with van der Waals surface area (Å²) < 4.78 is 0. The van der Waals surface area contributed by atoms with Crippen molar-refractivity contribution in [2.24, 2.45) is 0 Å². The second-order valence-corrected chi connectivity index (χ2v) is 7.89. The van der Waals surface area contributed by atoms with Gasteiger partial charge in [-0.1, -0.05) is 36.4 Å². The van der Waals surface area contributed by atoms with E-state index in [9.17, 15) is 0 Å². The minimum Gasteiger partial charge on any atom is -0.361 e. The molecule has 1 unspecified atom stereocenters. The van der Waals surface area contributed by atoms with Crippen LogP contribution in [0.5, 0.6) is 0 Å². The number of fused-ring (bicyclic) bond motifs is 2. The van der Waals surface area contributed by atoms with Crippen LogP contribution in [0.4, 0.5) is 5.69 Å². The zero-order valence-electron chi connectivity index (χ0n) is 15.8. The average molecular weight is 343 g/mol. The Balaban J connectivity index is 1.84. The number of hydrogen-bond donors (Lipinski definition) is 1. The molecule has 3 nitrogen and oxygen atoms in total. The fourth-order valence-electron chi connectivity index (χ4n) is 3.96. The summed E-state index contributed by atoms with van der Waals surface area (Å²) >= 11 is 0. The number of para-hydroxylation sites is 2. The second kappa shape index (κ2) is 6.17. The molecule has 0 bridgehead atoms. The zero-order valence-corrected chi connectivity index (χ0v) is 15.8. The number of H-pyrrole nitrogens is 1. The normalized spacial score (nSPS) is 13.2. The molecule has 0 radical (unpaired) electrons. The first-order valence-corrected chi connectivity index (χ1v) is 9.15. The molecule has 2 aromatic carbocycles. The van der Waals surface area contributed by atoms with Crippen LogP contribution in [0.25, 0.3) is 21.8 Å². The monoisotopic (exact) mass is 343 g/mol. The standard InChI is InChI=1S/C23H25N3/c1-16(20-15-25-22-12-8-6-10-19(20)22)26(23(2,3)4)18-13-17-9-5-7-11-21(17)24-14-18/h5-16,25H,1-4H3. The van der Waals surface area contributed by atoms with Gasteiger partial charge >= 0.3 is 0 Å². The van der Waals surface area contributed by atoms with E-state index in [4.69, 9.17) is 4.98 Å². The molecule has 0 saturated carbocycles. The number of rotatable bonds is 3. The van der Waals surface area contributed by atoms with Gasteiger partial charge < -0.3 is 9.88 Å². The molecule has 0 aliphatic rings. The lowest BCUT2D eigenvalue weighted by Crippen LogP contribution is -2.43. The highest BCUT2D eigenvalue weighted by atomic mass is 15.2. The molecule has 4 aromatic rings. The summed E-state index contributed by atoms with van der Waals surface area (Å²) in [7, 11) is 0. The molecule has 0 amide bonds. The summed E-state index contributed by atoms with van der Waals surface area (Å²) in [6.07, 6.45) is 4.14. The quantitative estimate of drug-likeness (QED) is 0.488. The number of hydrogen-bond acceptors (Lipinski definition) is 2. The highest BCUT2D eigenvalue weighted by Crippen LogP contribution is 2.37. The first-order valence-electron chi connectivity index (χ1n) is 9.15. The number of nitrogens with zero attached hydrogens (tertiary/aromatic N) is 2. The van der Waals surface area contributed by atoms with Crippen LogP contribution in [-0.2, 0) is 0 Å². The Morgan fingerprint density at radius 1 is 1.00 bits per heavy atom. The lowest BCUT2D eigenvalue weighted by atomic mass is 9.97. The Hall–Kier alpha value is -2.81. The fraction of sp³-hybridized carbons (Fsp3) is 0.261. The lowest BCUT2D eigenvalue weighted by Gasteiger charge is -2.42. The van der Waals surface area contributed by atoms with Crippen molar-refractivity contribution in [1.29, 1.82) is 0 Å². The summed E-state index contributed by atoms with van der Waals surface area (Å²) in [4.78, 5) is 10.6. The van der Waals surface area contributed by atoms with Gasteiger partial charge in [0.15, 0.2) is 0 Å². The largest absolute Gasteiger partial charge is 0.361 e. The molecule has 2 heterocycles. The van der Waals surface area contributed by atoms with E-state index in [1.165, 1.54) is 21.9 Å². The number of benzene rings is 2. The molecule has 0 spiro atoms. The minimum atomic E-state index is -0.0398. The van der Waals surface area contributed by atoms with Crippen molar-refractivity contribution >= 4 is 27.5 Å². The maximum absolute atomic E-state index is 4.69. The summed E-state index contributed by atoms with van der Waals surface area (Å²) in [5.74, 6) is 0. The average Bonchev–Trinajstić information content (AvgIpc) is 3.04. The molecule has 4 rings (SSSR count). The van der Waals surface area contributed by atoms with Gasteiger partial charge in [-0.25, -0.2) is 0 Å². The molecule has 0 aliphatic carbocycles. The van der Waals surface area contributed by atoms with Gasteiger partial charge in [-0.05, 0) is 51.5 Å². The molecule has 2 aromatic heterocycles. The van der Waals surface area contributed by atoms with E-state index in [0.717, 1.165) is 11.2 Å². The molecule has 1 atom stereocenters. The van der Waals surface area contributed by atoms with Crippen molar-refractivity contribution in [3.8, 4) is 0 Å². The SMILES string of the molecule is CC(c1c[nH]c2ccccc12)N(c1cnc2ccccc2c1)C(C)(C)C. The van der Waals surface area contributed by atoms with Crippen LogP contribution < -0.4 is 4.90 Å². The van der Waals surface area contributed by atoms with Gasteiger partial charge in [0.1, 0.15) is 0 Å². The summed E-state index contributed by atoms with van der Waals surface area (Å²) in [6, 6.07) is 19.2. The molecular formula is C23H25N3. The number of anilines is 1. The first-order chi connectivity index (χ1) is 12.4. The molecule has 0 saturated heterocycles. The molecule has 132 valence electrons. The maximum atomic E-state index is 4.69. The number of nitrogens with one attached hydrogen (secondary N) is 1. The lowest BCUT2D eigenvalue weighted by molar-refractivity contribution is 0.459. The molecule has 0 aliphatic heterocycles. The second-order valence-electron chi connectivity index (χ2n) is 7.89. The summed E-state index contributed by atoms with van der Waals surface area (Å²) in [5.41, 5.74) is 4.63. The smallest absolute Gasteiger partial charge is 0.0703 e. The number of aromatic amines is 1. The third kappa shape index (κ3) is 2.84. The van der Waals surface area contributed by atoms with E-state index in [-0.39, 0.29) is 11.6 Å². The Morgan fingerprint density at radius 3 is 2.54 bits per heavy atom. The van der Waals surface area contributed by atoms with Crippen LogP contribution in [0.1, 0.15) is 39.3 Å². The first kappa shape index (κ1) is 16.6. The predicted molar refractivity (Wildman–Crippen MR) is 111 cm³/mol. The van der Waals surface area contributed by atoms with E-state index in [0.29, 0.717) is 0 Å². The topological polar surface area (TPSA) is 31.9 Å². The van der Waals surface area contributed by atoms with Crippen LogP contribution in [0.2, 0.25) is 0 Å². The highest BCUT2D eigenvalue weighted by Gasteiger charge is 2.29.